The predicted molar refractivity (Wildman–Crippen MR) is 101 cm³/mol. The van der Waals surface area contributed by atoms with E-state index >= 15 is 0 Å². The number of hydrogen-bond donors (Lipinski definition) is 0. The molecular formula is C20H20N2O5. The highest BCUT2D eigenvalue weighted by atomic mass is 16.6. The van der Waals surface area contributed by atoms with Crippen LogP contribution in [-0.2, 0) is 9.53 Å². The summed E-state index contributed by atoms with van der Waals surface area (Å²) in [6.07, 6.45) is 1.53. The average molecular weight is 368 g/mol. The van der Waals surface area contributed by atoms with E-state index in [0.29, 0.717) is 37.4 Å². The Morgan fingerprint density at radius 3 is 2.48 bits per heavy atom. The molecule has 27 heavy (non-hydrogen) atoms. The summed E-state index contributed by atoms with van der Waals surface area (Å²) in [6, 6.07) is 14.0. The van der Waals surface area contributed by atoms with Crippen LogP contribution in [0, 0.1) is 10.1 Å². The molecule has 0 atom stereocenters. The summed E-state index contributed by atoms with van der Waals surface area (Å²) < 4.78 is 10.4. The molecule has 0 radical (unpaired) electrons. The monoisotopic (exact) mass is 368 g/mol. The Hall–Kier alpha value is -3.19. The maximum atomic E-state index is 12.7. The molecule has 3 rings (SSSR count). The molecule has 1 fully saturated rings. The van der Waals surface area contributed by atoms with Gasteiger partial charge >= 0.3 is 5.69 Å². The van der Waals surface area contributed by atoms with Gasteiger partial charge in [0.1, 0.15) is 0 Å². The zero-order chi connectivity index (χ0) is 19.2. The Kier molecular flexibility index (Phi) is 5.83. The zero-order valence-corrected chi connectivity index (χ0v) is 15.0. The van der Waals surface area contributed by atoms with Crippen LogP contribution in [-0.4, -0.2) is 49.1 Å². The molecule has 2 aromatic carbocycles. The third-order valence-corrected chi connectivity index (χ3v) is 4.36. The van der Waals surface area contributed by atoms with Gasteiger partial charge in [0.15, 0.2) is 5.75 Å². The maximum Gasteiger partial charge on any atom is 0.311 e. The summed E-state index contributed by atoms with van der Waals surface area (Å²) in [5.74, 6) is 0.0336. The van der Waals surface area contributed by atoms with Crippen LogP contribution in [0.1, 0.15) is 11.1 Å². The Morgan fingerprint density at radius 1 is 1.15 bits per heavy atom. The van der Waals surface area contributed by atoms with Crippen LogP contribution in [0.25, 0.3) is 5.57 Å². The minimum Gasteiger partial charge on any atom is -0.490 e. The van der Waals surface area contributed by atoms with Gasteiger partial charge in [0, 0.05) is 25.2 Å². The summed E-state index contributed by atoms with van der Waals surface area (Å²) in [5.41, 5.74) is 1.86. The smallest absolute Gasteiger partial charge is 0.311 e. The van der Waals surface area contributed by atoms with Crippen LogP contribution in [0.4, 0.5) is 5.69 Å². The molecule has 7 nitrogen and oxygen atoms in total. The number of carbonyl (C=O) groups excluding carboxylic acids is 1. The number of hydrogen-bond acceptors (Lipinski definition) is 5. The predicted octanol–water partition coefficient (Wildman–Crippen LogP) is 2.89. The van der Waals surface area contributed by atoms with Crippen molar-refractivity contribution < 1.29 is 19.2 Å². The molecule has 1 heterocycles. The number of rotatable bonds is 5. The van der Waals surface area contributed by atoms with Gasteiger partial charge in [-0.1, -0.05) is 36.4 Å². The van der Waals surface area contributed by atoms with Crippen LogP contribution >= 0.6 is 0 Å². The van der Waals surface area contributed by atoms with E-state index in [1.165, 1.54) is 19.3 Å². The lowest BCUT2D eigenvalue weighted by Gasteiger charge is -2.26. The molecule has 1 saturated heterocycles. The lowest BCUT2D eigenvalue weighted by atomic mass is 9.96. The van der Waals surface area contributed by atoms with E-state index in [1.54, 1.807) is 17.0 Å². The van der Waals surface area contributed by atoms with Crippen LogP contribution in [0.2, 0.25) is 0 Å². The maximum absolute atomic E-state index is 12.7. The number of ether oxygens (including phenoxy) is 2. The zero-order valence-electron chi connectivity index (χ0n) is 15.0. The lowest BCUT2D eigenvalue weighted by Crippen LogP contribution is -2.39. The van der Waals surface area contributed by atoms with Crippen LogP contribution in [0.5, 0.6) is 5.75 Å². The number of benzene rings is 2. The van der Waals surface area contributed by atoms with Crippen LogP contribution in [0.3, 0.4) is 0 Å². The molecule has 1 amide bonds. The third kappa shape index (κ3) is 4.32. The van der Waals surface area contributed by atoms with Gasteiger partial charge in [-0.25, -0.2) is 0 Å². The summed E-state index contributed by atoms with van der Waals surface area (Å²) in [7, 11) is 1.39. The lowest BCUT2D eigenvalue weighted by molar-refractivity contribution is -0.385. The number of amides is 1. The van der Waals surface area contributed by atoms with Crippen molar-refractivity contribution in [2.24, 2.45) is 0 Å². The fourth-order valence-electron chi connectivity index (χ4n) is 2.95. The number of carbonyl (C=O) groups is 1. The number of nitro benzene ring substituents is 1. The highest BCUT2D eigenvalue weighted by Crippen LogP contribution is 2.32. The highest BCUT2D eigenvalue weighted by Gasteiger charge is 2.20. The SMILES string of the molecule is COc1ccc(C(=CC(=O)N2CCOCC2)c2ccccc2)cc1[N+](=O)[O-]. The van der Waals surface area contributed by atoms with Crippen LogP contribution < -0.4 is 4.74 Å². The van der Waals surface area contributed by atoms with E-state index < -0.39 is 4.92 Å². The second-order valence-electron chi connectivity index (χ2n) is 6.01. The molecule has 1 aliphatic heterocycles. The van der Waals surface area contributed by atoms with Crippen molar-refractivity contribution in [2.75, 3.05) is 33.4 Å². The molecule has 1 aliphatic rings. The van der Waals surface area contributed by atoms with Crippen molar-refractivity contribution in [1.29, 1.82) is 0 Å². The van der Waals surface area contributed by atoms with Gasteiger partial charge in [-0.15, -0.1) is 0 Å². The van der Waals surface area contributed by atoms with Crippen molar-refractivity contribution in [1.82, 2.24) is 4.90 Å². The normalized spacial score (nSPS) is 14.7. The quantitative estimate of drug-likeness (QED) is 0.460. The first-order chi connectivity index (χ1) is 13.1. The Bertz CT molecular complexity index is 858. The molecule has 0 N–H and O–H groups in total. The van der Waals surface area contributed by atoms with Crippen LogP contribution in [0.15, 0.2) is 54.6 Å². The van der Waals surface area contributed by atoms with Crippen molar-refractivity contribution >= 4 is 17.2 Å². The van der Waals surface area contributed by atoms with E-state index in [-0.39, 0.29) is 17.3 Å². The largest absolute Gasteiger partial charge is 0.490 e. The van der Waals surface area contributed by atoms with Crippen molar-refractivity contribution in [2.45, 2.75) is 0 Å². The minimum absolute atomic E-state index is 0.143. The fourth-order valence-corrected chi connectivity index (χ4v) is 2.95. The molecule has 0 unspecified atom stereocenters. The minimum atomic E-state index is -0.491. The first-order valence-electron chi connectivity index (χ1n) is 8.56. The molecule has 2 aromatic rings. The Balaban J connectivity index is 2.05. The van der Waals surface area contributed by atoms with Gasteiger partial charge < -0.3 is 14.4 Å². The number of nitro groups is 1. The molecule has 0 bridgehead atoms. The van der Waals surface area contributed by atoms with Gasteiger partial charge in [-0.3, -0.25) is 14.9 Å². The molecule has 0 saturated carbocycles. The second kappa shape index (κ2) is 8.46. The van der Waals surface area contributed by atoms with Gasteiger partial charge in [-0.05, 0) is 22.8 Å². The summed E-state index contributed by atoms with van der Waals surface area (Å²) >= 11 is 0. The molecule has 0 aromatic heterocycles. The molecular weight excluding hydrogens is 348 g/mol. The Morgan fingerprint density at radius 2 is 1.85 bits per heavy atom. The third-order valence-electron chi connectivity index (χ3n) is 4.36. The number of methoxy groups -OCH3 is 1. The van der Waals surface area contributed by atoms with Gasteiger partial charge in [0.25, 0.3) is 0 Å². The fraction of sp³-hybridized carbons (Fsp3) is 0.250. The van der Waals surface area contributed by atoms with Crippen molar-refractivity contribution in [3.05, 3.63) is 75.8 Å². The van der Waals surface area contributed by atoms with E-state index in [9.17, 15) is 14.9 Å². The number of morpholine rings is 1. The molecule has 140 valence electrons. The standard InChI is InChI=1S/C20H20N2O5/c1-26-19-8-7-16(13-18(19)22(24)25)17(15-5-3-2-4-6-15)14-20(23)21-9-11-27-12-10-21/h2-8,13-14H,9-12H2,1H3. The van der Waals surface area contributed by atoms with Gasteiger partial charge in [0.2, 0.25) is 5.91 Å². The van der Waals surface area contributed by atoms with Crippen molar-refractivity contribution in [3.8, 4) is 5.75 Å². The topological polar surface area (TPSA) is 81.9 Å². The van der Waals surface area contributed by atoms with Gasteiger partial charge in [0.05, 0.1) is 25.2 Å². The molecule has 7 heteroatoms. The number of nitrogens with zero attached hydrogens (tertiary/aromatic N) is 2. The first-order valence-corrected chi connectivity index (χ1v) is 8.56. The second-order valence-corrected chi connectivity index (χ2v) is 6.01. The average Bonchev–Trinajstić information content (AvgIpc) is 2.72. The summed E-state index contributed by atoms with van der Waals surface area (Å²) in [5, 5.41) is 11.4. The first kappa shape index (κ1) is 18.6. The molecule has 0 aliphatic carbocycles. The Labute approximate surface area is 157 Å². The van der Waals surface area contributed by atoms with E-state index in [2.05, 4.69) is 0 Å². The van der Waals surface area contributed by atoms with Gasteiger partial charge in [-0.2, -0.15) is 0 Å². The summed E-state index contributed by atoms with van der Waals surface area (Å²) in [4.78, 5) is 25.3. The molecule has 0 spiro atoms. The summed E-state index contributed by atoms with van der Waals surface area (Å²) in [6.45, 7) is 2.07. The van der Waals surface area contributed by atoms with E-state index in [1.807, 2.05) is 30.3 Å². The van der Waals surface area contributed by atoms with Crippen molar-refractivity contribution in [3.63, 3.8) is 0 Å². The van der Waals surface area contributed by atoms with E-state index in [0.717, 1.165) is 5.56 Å². The highest BCUT2D eigenvalue weighted by molar-refractivity contribution is 5.99. The van der Waals surface area contributed by atoms with E-state index in [4.69, 9.17) is 9.47 Å².